The maximum absolute atomic E-state index is 15.1. The SMILES string of the molecule is CCN1CCCC1CNC(=O)c1ccc(-c2cc(F)c3ncc(Cc4ccc5ncccc5c4)n3c2)cc1F. The molecule has 8 heteroatoms. The van der Waals surface area contributed by atoms with E-state index in [1.807, 2.05) is 24.3 Å². The van der Waals surface area contributed by atoms with E-state index < -0.39 is 17.5 Å². The normalized spacial score (nSPS) is 15.8. The van der Waals surface area contributed by atoms with Crippen LogP contribution < -0.4 is 5.32 Å². The van der Waals surface area contributed by atoms with Crippen LogP contribution in [0.5, 0.6) is 0 Å². The van der Waals surface area contributed by atoms with Crippen molar-refractivity contribution in [2.45, 2.75) is 32.2 Å². The maximum Gasteiger partial charge on any atom is 0.254 e. The summed E-state index contributed by atoms with van der Waals surface area (Å²) in [6.07, 6.45) is 7.85. The van der Waals surface area contributed by atoms with Gasteiger partial charge < -0.3 is 9.72 Å². The minimum Gasteiger partial charge on any atom is -0.350 e. The summed E-state index contributed by atoms with van der Waals surface area (Å²) in [6.45, 7) is 4.56. The molecule has 0 saturated carbocycles. The summed E-state index contributed by atoms with van der Waals surface area (Å²) in [5.74, 6) is -1.58. The molecule has 0 bridgehead atoms. The Labute approximate surface area is 225 Å². The fraction of sp³-hybridized carbons (Fsp3) is 0.258. The van der Waals surface area contributed by atoms with Gasteiger partial charge in [-0.15, -0.1) is 0 Å². The van der Waals surface area contributed by atoms with E-state index in [2.05, 4.69) is 33.2 Å². The van der Waals surface area contributed by atoms with Crippen molar-refractivity contribution < 1.29 is 13.6 Å². The van der Waals surface area contributed by atoms with Gasteiger partial charge in [0.15, 0.2) is 11.5 Å². The van der Waals surface area contributed by atoms with Crippen molar-refractivity contribution in [1.29, 1.82) is 0 Å². The van der Waals surface area contributed by atoms with Gasteiger partial charge in [0.25, 0.3) is 5.91 Å². The van der Waals surface area contributed by atoms with E-state index in [0.29, 0.717) is 24.1 Å². The summed E-state index contributed by atoms with van der Waals surface area (Å²) >= 11 is 0. The molecule has 6 nitrogen and oxygen atoms in total. The molecule has 1 saturated heterocycles. The van der Waals surface area contributed by atoms with Gasteiger partial charge in [-0.05, 0) is 73.5 Å². The molecule has 1 aliphatic heterocycles. The van der Waals surface area contributed by atoms with Gasteiger partial charge in [0.1, 0.15) is 5.82 Å². The van der Waals surface area contributed by atoms with Gasteiger partial charge in [0, 0.05) is 54.2 Å². The fourth-order valence-electron chi connectivity index (χ4n) is 5.55. The molecule has 1 amide bonds. The molecule has 39 heavy (non-hydrogen) atoms. The zero-order chi connectivity index (χ0) is 26.9. The molecular weight excluding hydrogens is 496 g/mol. The number of hydrogen-bond acceptors (Lipinski definition) is 4. The van der Waals surface area contributed by atoms with Gasteiger partial charge in [0.05, 0.1) is 11.1 Å². The molecule has 1 fully saturated rings. The Morgan fingerprint density at radius 2 is 1.92 bits per heavy atom. The molecule has 1 atom stereocenters. The Hall–Kier alpha value is -4.17. The number of carbonyl (C=O) groups excluding carboxylic acids is 1. The van der Waals surface area contributed by atoms with Crippen LogP contribution in [0, 0.1) is 11.6 Å². The smallest absolute Gasteiger partial charge is 0.254 e. The number of fused-ring (bicyclic) bond motifs is 2. The summed E-state index contributed by atoms with van der Waals surface area (Å²) in [7, 11) is 0. The van der Waals surface area contributed by atoms with Gasteiger partial charge >= 0.3 is 0 Å². The van der Waals surface area contributed by atoms with Crippen molar-refractivity contribution >= 4 is 22.5 Å². The van der Waals surface area contributed by atoms with E-state index in [-0.39, 0.29) is 17.3 Å². The number of hydrogen-bond donors (Lipinski definition) is 1. The largest absolute Gasteiger partial charge is 0.350 e. The first kappa shape index (κ1) is 25.1. The Morgan fingerprint density at radius 1 is 1.05 bits per heavy atom. The standard InChI is InChI=1S/C31H29F2N5O/c1-2-37-12-4-6-24(37)17-36-31(39)26-9-8-21(15-27(26)32)23-16-28(33)30-35-18-25(38(30)19-23)14-20-7-10-29-22(13-20)5-3-11-34-29/h3,5,7-11,13,15-16,18-19,24H,2,4,6,12,14,17H2,1H3,(H,36,39). The second-order valence-electron chi connectivity index (χ2n) is 10.1. The Bertz CT molecular complexity index is 1680. The number of amides is 1. The van der Waals surface area contributed by atoms with E-state index in [9.17, 15) is 4.79 Å². The monoisotopic (exact) mass is 525 g/mol. The molecule has 1 aliphatic rings. The van der Waals surface area contributed by atoms with Crippen LogP contribution in [0.25, 0.3) is 27.7 Å². The van der Waals surface area contributed by atoms with Gasteiger partial charge in [0.2, 0.25) is 0 Å². The van der Waals surface area contributed by atoms with Gasteiger partial charge in [-0.25, -0.2) is 13.8 Å². The molecule has 2 aromatic carbocycles. The van der Waals surface area contributed by atoms with Crippen LogP contribution in [0.1, 0.15) is 41.4 Å². The predicted molar refractivity (Wildman–Crippen MR) is 148 cm³/mol. The quantitative estimate of drug-likeness (QED) is 0.299. The molecule has 1 N–H and O–H groups in total. The number of benzene rings is 2. The summed E-state index contributed by atoms with van der Waals surface area (Å²) in [5, 5.41) is 3.91. The van der Waals surface area contributed by atoms with Crippen LogP contribution in [0.3, 0.4) is 0 Å². The van der Waals surface area contributed by atoms with E-state index in [1.54, 1.807) is 29.1 Å². The van der Waals surface area contributed by atoms with E-state index in [4.69, 9.17) is 0 Å². The summed E-state index contributed by atoms with van der Waals surface area (Å²) in [4.78, 5) is 23.7. The number of likely N-dealkylation sites (tertiary alicyclic amines) is 1. The second-order valence-corrected chi connectivity index (χ2v) is 10.1. The zero-order valence-corrected chi connectivity index (χ0v) is 21.7. The van der Waals surface area contributed by atoms with Crippen LogP contribution in [0.15, 0.2) is 73.2 Å². The van der Waals surface area contributed by atoms with Crippen LogP contribution in [0.2, 0.25) is 0 Å². The molecule has 1 unspecified atom stereocenters. The molecule has 0 spiro atoms. The number of nitrogens with one attached hydrogen (secondary N) is 1. The summed E-state index contributed by atoms with van der Waals surface area (Å²) < 4.78 is 31.9. The zero-order valence-electron chi connectivity index (χ0n) is 21.7. The average Bonchev–Trinajstić information content (AvgIpc) is 3.58. The molecule has 5 aromatic rings. The first-order valence-electron chi connectivity index (χ1n) is 13.3. The van der Waals surface area contributed by atoms with Crippen molar-refractivity contribution in [2.75, 3.05) is 19.6 Å². The van der Waals surface area contributed by atoms with Crippen molar-refractivity contribution in [3.05, 3.63) is 102 Å². The van der Waals surface area contributed by atoms with E-state index >= 15 is 8.78 Å². The predicted octanol–water partition coefficient (Wildman–Crippen LogP) is 5.63. The number of halogens is 2. The molecule has 3 aromatic heterocycles. The minimum absolute atomic E-state index is 0.0181. The van der Waals surface area contributed by atoms with E-state index in [0.717, 1.165) is 48.1 Å². The number of rotatable bonds is 7. The molecule has 0 radical (unpaired) electrons. The highest BCUT2D eigenvalue weighted by Crippen LogP contribution is 2.26. The van der Waals surface area contributed by atoms with Crippen LogP contribution in [-0.4, -0.2) is 50.9 Å². The van der Waals surface area contributed by atoms with Gasteiger partial charge in [-0.3, -0.25) is 14.7 Å². The van der Waals surface area contributed by atoms with Crippen LogP contribution in [-0.2, 0) is 6.42 Å². The average molecular weight is 526 g/mol. The maximum atomic E-state index is 15.1. The molecule has 4 heterocycles. The number of pyridine rings is 2. The highest BCUT2D eigenvalue weighted by molar-refractivity contribution is 5.95. The van der Waals surface area contributed by atoms with E-state index in [1.165, 1.54) is 18.2 Å². The second kappa shape index (κ2) is 10.5. The summed E-state index contributed by atoms with van der Waals surface area (Å²) in [5.41, 5.74) is 3.93. The third kappa shape index (κ3) is 5.00. The highest BCUT2D eigenvalue weighted by Gasteiger charge is 2.24. The lowest BCUT2D eigenvalue weighted by molar-refractivity contribution is 0.0937. The molecule has 0 aliphatic carbocycles. The number of aromatic nitrogens is 3. The fourth-order valence-corrected chi connectivity index (χ4v) is 5.55. The topological polar surface area (TPSA) is 62.5 Å². The van der Waals surface area contributed by atoms with Crippen molar-refractivity contribution in [3.8, 4) is 11.1 Å². The third-order valence-corrected chi connectivity index (χ3v) is 7.64. The lowest BCUT2D eigenvalue weighted by atomic mass is 10.0. The van der Waals surface area contributed by atoms with Crippen LogP contribution >= 0.6 is 0 Å². The Kier molecular flexibility index (Phi) is 6.79. The lowest BCUT2D eigenvalue weighted by Crippen LogP contribution is -2.40. The van der Waals surface area contributed by atoms with Crippen LogP contribution in [0.4, 0.5) is 8.78 Å². The van der Waals surface area contributed by atoms with Gasteiger partial charge in [-0.2, -0.15) is 0 Å². The molecule has 198 valence electrons. The van der Waals surface area contributed by atoms with Gasteiger partial charge in [-0.1, -0.05) is 25.1 Å². The number of carbonyl (C=O) groups is 1. The molecule has 6 rings (SSSR count). The first-order chi connectivity index (χ1) is 19.0. The van der Waals surface area contributed by atoms with Crippen molar-refractivity contribution in [1.82, 2.24) is 24.6 Å². The van der Waals surface area contributed by atoms with Crippen molar-refractivity contribution in [3.63, 3.8) is 0 Å². The Morgan fingerprint density at radius 3 is 2.77 bits per heavy atom. The number of likely N-dealkylation sites (N-methyl/N-ethyl adjacent to an activating group) is 1. The number of nitrogens with zero attached hydrogens (tertiary/aromatic N) is 4. The number of imidazole rings is 1. The third-order valence-electron chi connectivity index (χ3n) is 7.64. The first-order valence-corrected chi connectivity index (χ1v) is 13.3. The lowest BCUT2D eigenvalue weighted by Gasteiger charge is -2.22. The summed E-state index contributed by atoms with van der Waals surface area (Å²) in [6, 6.07) is 16.0. The Balaban J connectivity index is 1.24. The highest BCUT2D eigenvalue weighted by atomic mass is 19.1. The van der Waals surface area contributed by atoms with Crippen molar-refractivity contribution in [2.24, 2.45) is 0 Å². The minimum atomic E-state index is -0.639. The molecular formula is C31H29F2N5O.